The van der Waals surface area contributed by atoms with Gasteiger partial charge >= 0.3 is 0 Å². The van der Waals surface area contributed by atoms with Gasteiger partial charge in [0.1, 0.15) is 0 Å². The molecule has 3 rings (SSSR count). The molecule has 0 spiro atoms. The van der Waals surface area contributed by atoms with E-state index in [9.17, 15) is 0 Å². The van der Waals surface area contributed by atoms with Gasteiger partial charge in [0.25, 0.3) is 0 Å². The highest BCUT2D eigenvalue weighted by Crippen LogP contribution is 2.42. The van der Waals surface area contributed by atoms with E-state index in [1.165, 1.54) is 33.8 Å². The van der Waals surface area contributed by atoms with E-state index < -0.39 is 0 Å². The molecule has 0 aliphatic heterocycles. The van der Waals surface area contributed by atoms with E-state index in [1.54, 1.807) is 0 Å². The number of rotatable bonds is 1. The molecule has 2 aromatic rings. The van der Waals surface area contributed by atoms with Crippen molar-refractivity contribution in [3.8, 4) is 5.69 Å². The van der Waals surface area contributed by atoms with Crippen molar-refractivity contribution in [2.24, 2.45) is 11.1 Å². The standard InChI is InChI=1S/C19H26N2/c1-12-6-7-17(13(2)8-12)21-14(3)9-15-16(20)10-19(4,5)11-18(15)21/h6-9,16H,10-11,20H2,1-5H3. The van der Waals surface area contributed by atoms with Gasteiger partial charge in [-0.3, -0.25) is 0 Å². The molecule has 0 fully saturated rings. The van der Waals surface area contributed by atoms with Crippen LogP contribution >= 0.6 is 0 Å². The number of benzene rings is 1. The van der Waals surface area contributed by atoms with Crippen molar-refractivity contribution in [2.45, 2.75) is 53.5 Å². The normalized spacial score (nSPS) is 20.4. The monoisotopic (exact) mass is 282 g/mol. The number of nitrogens with zero attached hydrogens (tertiary/aromatic N) is 1. The Bertz CT molecular complexity index is 692. The quantitative estimate of drug-likeness (QED) is 0.827. The van der Waals surface area contributed by atoms with Gasteiger partial charge in [-0.1, -0.05) is 31.5 Å². The van der Waals surface area contributed by atoms with Gasteiger partial charge in [-0.2, -0.15) is 0 Å². The lowest BCUT2D eigenvalue weighted by Gasteiger charge is -2.34. The first-order valence-electron chi connectivity index (χ1n) is 7.83. The summed E-state index contributed by atoms with van der Waals surface area (Å²) < 4.78 is 2.42. The van der Waals surface area contributed by atoms with Crippen LogP contribution in [0.15, 0.2) is 24.3 Å². The summed E-state index contributed by atoms with van der Waals surface area (Å²) in [4.78, 5) is 0. The topological polar surface area (TPSA) is 30.9 Å². The highest BCUT2D eigenvalue weighted by molar-refractivity contribution is 5.49. The van der Waals surface area contributed by atoms with Crippen molar-refractivity contribution >= 4 is 0 Å². The van der Waals surface area contributed by atoms with Crippen LogP contribution < -0.4 is 5.73 Å². The Morgan fingerprint density at radius 2 is 1.86 bits per heavy atom. The van der Waals surface area contributed by atoms with Crippen LogP contribution in [0.4, 0.5) is 0 Å². The lowest BCUT2D eigenvalue weighted by molar-refractivity contribution is 0.278. The van der Waals surface area contributed by atoms with Gasteiger partial charge in [-0.05, 0) is 62.3 Å². The van der Waals surface area contributed by atoms with Crippen LogP contribution in [0.2, 0.25) is 0 Å². The van der Waals surface area contributed by atoms with Gasteiger partial charge in [0.15, 0.2) is 0 Å². The smallest absolute Gasteiger partial charge is 0.0484 e. The molecular formula is C19H26N2. The van der Waals surface area contributed by atoms with Crippen LogP contribution in [-0.2, 0) is 6.42 Å². The molecule has 0 amide bonds. The summed E-state index contributed by atoms with van der Waals surface area (Å²) in [6.07, 6.45) is 2.16. The van der Waals surface area contributed by atoms with E-state index >= 15 is 0 Å². The molecule has 1 heterocycles. The molecule has 0 saturated heterocycles. The largest absolute Gasteiger partial charge is 0.324 e. The van der Waals surface area contributed by atoms with Crippen molar-refractivity contribution in [1.29, 1.82) is 0 Å². The number of hydrogen-bond donors (Lipinski definition) is 1. The summed E-state index contributed by atoms with van der Waals surface area (Å²) in [5, 5.41) is 0. The lowest BCUT2D eigenvalue weighted by Crippen LogP contribution is -2.30. The molecule has 1 aliphatic rings. The maximum absolute atomic E-state index is 6.43. The van der Waals surface area contributed by atoms with Crippen LogP contribution in [0.3, 0.4) is 0 Å². The Balaban J connectivity index is 2.21. The first kappa shape index (κ1) is 14.4. The van der Waals surface area contributed by atoms with Gasteiger partial charge in [0.05, 0.1) is 0 Å². The Labute approximate surface area is 128 Å². The molecule has 21 heavy (non-hydrogen) atoms. The zero-order valence-electron chi connectivity index (χ0n) is 13.8. The summed E-state index contributed by atoms with van der Waals surface area (Å²) >= 11 is 0. The second kappa shape index (κ2) is 4.74. The molecule has 2 nitrogen and oxygen atoms in total. The number of aryl methyl sites for hydroxylation is 3. The van der Waals surface area contributed by atoms with Crippen LogP contribution in [-0.4, -0.2) is 4.57 Å². The summed E-state index contributed by atoms with van der Waals surface area (Å²) in [6, 6.07) is 9.14. The van der Waals surface area contributed by atoms with E-state index in [2.05, 4.69) is 63.5 Å². The summed E-state index contributed by atoms with van der Waals surface area (Å²) in [5.41, 5.74) is 14.7. The minimum Gasteiger partial charge on any atom is -0.324 e. The van der Waals surface area contributed by atoms with Gasteiger partial charge in [0.2, 0.25) is 0 Å². The Morgan fingerprint density at radius 1 is 1.14 bits per heavy atom. The molecule has 1 aromatic carbocycles. The van der Waals surface area contributed by atoms with Crippen molar-refractivity contribution in [3.63, 3.8) is 0 Å². The molecule has 2 heteroatoms. The van der Waals surface area contributed by atoms with Crippen molar-refractivity contribution < 1.29 is 0 Å². The number of fused-ring (bicyclic) bond motifs is 1. The highest BCUT2D eigenvalue weighted by Gasteiger charge is 2.33. The van der Waals surface area contributed by atoms with E-state index in [0.717, 1.165) is 12.8 Å². The summed E-state index contributed by atoms with van der Waals surface area (Å²) in [5.74, 6) is 0. The Morgan fingerprint density at radius 3 is 2.52 bits per heavy atom. The molecule has 1 aromatic heterocycles. The number of aromatic nitrogens is 1. The Hall–Kier alpha value is -1.54. The maximum atomic E-state index is 6.43. The van der Waals surface area contributed by atoms with Crippen molar-refractivity contribution in [2.75, 3.05) is 0 Å². The number of hydrogen-bond acceptors (Lipinski definition) is 1. The minimum atomic E-state index is 0.162. The Kier molecular flexibility index (Phi) is 3.25. The second-order valence-electron chi connectivity index (χ2n) is 7.46. The zero-order chi connectivity index (χ0) is 15.4. The summed E-state index contributed by atoms with van der Waals surface area (Å²) in [6.45, 7) is 11.2. The average Bonchev–Trinajstić information content (AvgIpc) is 2.65. The van der Waals surface area contributed by atoms with Crippen molar-refractivity contribution in [3.05, 3.63) is 52.3 Å². The van der Waals surface area contributed by atoms with Crippen LogP contribution in [0.25, 0.3) is 5.69 Å². The third-order valence-electron chi connectivity index (χ3n) is 4.73. The predicted octanol–water partition coefficient (Wildman–Crippen LogP) is 4.37. The third-order valence-corrected chi connectivity index (χ3v) is 4.73. The van der Waals surface area contributed by atoms with Crippen LogP contribution in [0.5, 0.6) is 0 Å². The first-order chi connectivity index (χ1) is 9.78. The molecule has 1 aliphatic carbocycles. The molecule has 1 unspecified atom stereocenters. The predicted molar refractivity (Wildman–Crippen MR) is 89.0 cm³/mol. The molecule has 0 saturated carbocycles. The molecule has 2 N–H and O–H groups in total. The lowest BCUT2D eigenvalue weighted by atomic mass is 9.74. The van der Waals surface area contributed by atoms with E-state index in [0.29, 0.717) is 0 Å². The van der Waals surface area contributed by atoms with Crippen LogP contribution in [0.1, 0.15) is 54.4 Å². The number of nitrogens with two attached hydrogens (primary N) is 1. The second-order valence-corrected chi connectivity index (χ2v) is 7.46. The highest BCUT2D eigenvalue weighted by atomic mass is 15.0. The van der Waals surface area contributed by atoms with Crippen molar-refractivity contribution in [1.82, 2.24) is 4.57 Å². The third kappa shape index (κ3) is 2.42. The van der Waals surface area contributed by atoms with Crippen LogP contribution in [0, 0.1) is 26.2 Å². The fraction of sp³-hybridized carbons (Fsp3) is 0.474. The van der Waals surface area contributed by atoms with Gasteiger partial charge in [-0.15, -0.1) is 0 Å². The minimum absolute atomic E-state index is 0.162. The molecule has 0 radical (unpaired) electrons. The molecular weight excluding hydrogens is 256 g/mol. The molecule has 0 bridgehead atoms. The SMILES string of the molecule is Cc1ccc(-n2c(C)cc3c2CC(C)(C)CC3N)c(C)c1. The fourth-order valence-electron chi connectivity index (χ4n) is 3.84. The van der Waals surface area contributed by atoms with E-state index in [-0.39, 0.29) is 11.5 Å². The molecule has 1 atom stereocenters. The van der Waals surface area contributed by atoms with Gasteiger partial charge < -0.3 is 10.3 Å². The maximum Gasteiger partial charge on any atom is 0.0484 e. The van der Waals surface area contributed by atoms with E-state index in [4.69, 9.17) is 5.73 Å². The first-order valence-corrected chi connectivity index (χ1v) is 7.83. The fourth-order valence-corrected chi connectivity index (χ4v) is 3.84. The van der Waals surface area contributed by atoms with Gasteiger partial charge in [-0.25, -0.2) is 0 Å². The molecule has 112 valence electrons. The van der Waals surface area contributed by atoms with E-state index in [1.807, 2.05) is 0 Å². The summed E-state index contributed by atoms with van der Waals surface area (Å²) in [7, 11) is 0. The van der Waals surface area contributed by atoms with Gasteiger partial charge in [0, 0.05) is 23.1 Å². The zero-order valence-corrected chi connectivity index (χ0v) is 13.8. The average molecular weight is 282 g/mol.